The number of carbonyl (C=O) groups is 1. The molecule has 3 aromatic rings. The maximum atomic E-state index is 12.4. The lowest BCUT2D eigenvalue weighted by atomic mass is 10.1. The molecule has 124 valence electrons. The van der Waals surface area contributed by atoms with Gasteiger partial charge in [-0.25, -0.2) is 0 Å². The minimum absolute atomic E-state index is 0.169. The van der Waals surface area contributed by atoms with Gasteiger partial charge in [0.2, 0.25) is 5.91 Å². The van der Waals surface area contributed by atoms with E-state index in [2.05, 4.69) is 10.3 Å². The van der Waals surface area contributed by atoms with Crippen LogP contribution in [0.3, 0.4) is 0 Å². The van der Waals surface area contributed by atoms with Gasteiger partial charge < -0.3 is 19.8 Å². The van der Waals surface area contributed by atoms with E-state index in [1.807, 2.05) is 24.4 Å². The zero-order valence-corrected chi connectivity index (χ0v) is 14.1. The third-order valence-corrected chi connectivity index (χ3v) is 4.10. The number of aromatic amines is 1. The molecule has 0 saturated heterocycles. The van der Waals surface area contributed by atoms with Gasteiger partial charge in [-0.2, -0.15) is 0 Å². The number of H-pyrrole nitrogens is 1. The second-order valence-corrected chi connectivity index (χ2v) is 5.67. The van der Waals surface area contributed by atoms with E-state index in [-0.39, 0.29) is 12.3 Å². The first-order valence-electron chi connectivity index (χ1n) is 7.38. The summed E-state index contributed by atoms with van der Waals surface area (Å²) in [5.74, 6) is 1.19. The van der Waals surface area contributed by atoms with Crippen LogP contribution in [0.15, 0.2) is 42.6 Å². The molecule has 0 saturated carbocycles. The molecule has 2 N–H and O–H groups in total. The van der Waals surface area contributed by atoms with Crippen molar-refractivity contribution in [3.63, 3.8) is 0 Å². The van der Waals surface area contributed by atoms with Crippen LogP contribution in [0.25, 0.3) is 10.9 Å². The number of ether oxygens (including phenoxy) is 2. The van der Waals surface area contributed by atoms with Gasteiger partial charge in [-0.15, -0.1) is 0 Å². The summed E-state index contributed by atoms with van der Waals surface area (Å²) in [7, 11) is 3.18. The van der Waals surface area contributed by atoms with Crippen LogP contribution in [0.2, 0.25) is 5.02 Å². The quantitative estimate of drug-likeness (QED) is 0.734. The number of aromatic nitrogens is 1. The second-order valence-electron chi connectivity index (χ2n) is 5.27. The number of fused-ring (bicyclic) bond motifs is 1. The first-order valence-corrected chi connectivity index (χ1v) is 7.76. The monoisotopic (exact) mass is 344 g/mol. The molecule has 1 amide bonds. The van der Waals surface area contributed by atoms with Gasteiger partial charge in [0.15, 0.2) is 0 Å². The van der Waals surface area contributed by atoms with Gasteiger partial charge in [0.25, 0.3) is 0 Å². The van der Waals surface area contributed by atoms with Crippen molar-refractivity contribution in [2.24, 2.45) is 0 Å². The number of carbonyl (C=O) groups excluding carboxylic acids is 1. The third kappa shape index (κ3) is 3.16. The average Bonchev–Trinajstić information content (AvgIpc) is 3.00. The maximum absolute atomic E-state index is 12.4. The number of hydrogen-bond acceptors (Lipinski definition) is 3. The number of hydrogen-bond donors (Lipinski definition) is 2. The number of nitrogens with one attached hydrogen (secondary N) is 2. The van der Waals surface area contributed by atoms with Crippen molar-refractivity contribution in [3.05, 3.63) is 53.2 Å². The lowest BCUT2D eigenvalue weighted by Gasteiger charge is -2.09. The zero-order valence-electron chi connectivity index (χ0n) is 13.4. The number of methoxy groups -OCH3 is 2. The van der Waals surface area contributed by atoms with Crippen LogP contribution in [0.5, 0.6) is 11.5 Å². The summed E-state index contributed by atoms with van der Waals surface area (Å²) in [6.07, 6.45) is 2.02. The molecule has 0 bridgehead atoms. The zero-order chi connectivity index (χ0) is 17.1. The Bertz CT molecular complexity index is 889. The molecule has 24 heavy (non-hydrogen) atoms. The Morgan fingerprint density at radius 3 is 2.79 bits per heavy atom. The predicted molar refractivity (Wildman–Crippen MR) is 95.2 cm³/mol. The van der Waals surface area contributed by atoms with E-state index < -0.39 is 0 Å². The minimum atomic E-state index is -0.169. The first kappa shape index (κ1) is 16.2. The van der Waals surface area contributed by atoms with Crippen molar-refractivity contribution < 1.29 is 14.3 Å². The Morgan fingerprint density at radius 2 is 2.04 bits per heavy atom. The third-order valence-electron chi connectivity index (χ3n) is 3.77. The molecule has 1 aromatic heterocycles. The van der Waals surface area contributed by atoms with Gasteiger partial charge in [-0.3, -0.25) is 4.79 Å². The highest BCUT2D eigenvalue weighted by molar-refractivity contribution is 6.33. The van der Waals surface area contributed by atoms with Gasteiger partial charge >= 0.3 is 0 Å². The predicted octanol–water partition coefficient (Wildman–Crippen LogP) is 4.02. The van der Waals surface area contributed by atoms with Gasteiger partial charge in [-0.05, 0) is 29.8 Å². The topological polar surface area (TPSA) is 63.3 Å². The Hall–Kier alpha value is -2.66. The lowest BCUT2D eigenvalue weighted by molar-refractivity contribution is -0.115. The standard InChI is InChI=1S/C18H17ClN2O3/c1-23-12-6-7-13(19)15(9-12)21-17(22)8-11-10-20-14-4-3-5-16(24-2)18(11)14/h3-7,9-10,20H,8H2,1-2H3,(H,21,22). The van der Waals surface area contributed by atoms with Crippen molar-refractivity contribution in [3.8, 4) is 11.5 Å². The summed E-state index contributed by atoms with van der Waals surface area (Å²) in [6.45, 7) is 0. The highest BCUT2D eigenvalue weighted by Crippen LogP contribution is 2.30. The van der Waals surface area contributed by atoms with Crippen molar-refractivity contribution >= 4 is 34.1 Å². The van der Waals surface area contributed by atoms with Crippen molar-refractivity contribution in [2.45, 2.75) is 6.42 Å². The molecule has 0 atom stereocenters. The van der Waals surface area contributed by atoms with Crippen molar-refractivity contribution in [2.75, 3.05) is 19.5 Å². The first-order chi connectivity index (χ1) is 11.6. The molecular weight excluding hydrogens is 328 g/mol. The van der Waals surface area contributed by atoms with E-state index in [1.165, 1.54) is 0 Å². The molecule has 2 aromatic carbocycles. The van der Waals surface area contributed by atoms with E-state index in [9.17, 15) is 4.79 Å². The average molecular weight is 345 g/mol. The highest BCUT2D eigenvalue weighted by Gasteiger charge is 2.14. The smallest absolute Gasteiger partial charge is 0.228 e. The van der Waals surface area contributed by atoms with E-state index in [4.69, 9.17) is 21.1 Å². The lowest BCUT2D eigenvalue weighted by Crippen LogP contribution is -2.14. The van der Waals surface area contributed by atoms with Crippen molar-refractivity contribution in [1.29, 1.82) is 0 Å². The number of amides is 1. The number of halogens is 1. The number of rotatable bonds is 5. The summed E-state index contributed by atoms with van der Waals surface area (Å²) in [5.41, 5.74) is 2.31. The van der Waals surface area contributed by atoms with Gasteiger partial charge in [0, 0.05) is 23.2 Å². The molecule has 6 heteroatoms. The Labute approximate surface area is 144 Å². The van der Waals surface area contributed by atoms with Crippen LogP contribution in [-0.2, 0) is 11.2 Å². The van der Waals surface area contributed by atoms with Gasteiger partial charge in [0.1, 0.15) is 11.5 Å². The number of benzene rings is 2. The second kappa shape index (κ2) is 6.84. The largest absolute Gasteiger partial charge is 0.497 e. The number of anilines is 1. The van der Waals surface area contributed by atoms with Crippen LogP contribution in [0.4, 0.5) is 5.69 Å². The highest BCUT2D eigenvalue weighted by atomic mass is 35.5. The summed E-state index contributed by atoms with van der Waals surface area (Å²) >= 11 is 6.13. The van der Waals surface area contributed by atoms with Gasteiger partial charge in [-0.1, -0.05) is 17.7 Å². The maximum Gasteiger partial charge on any atom is 0.228 e. The van der Waals surface area contributed by atoms with E-state index in [1.54, 1.807) is 32.4 Å². The molecular formula is C18H17ClN2O3. The molecule has 0 spiro atoms. The molecule has 0 fully saturated rings. The summed E-state index contributed by atoms with van der Waals surface area (Å²) in [4.78, 5) is 15.6. The summed E-state index contributed by atoms with van der Waals surface area (Å²) in [5, 5.41) is 4.19. The van der Waals surface area contributed by atoms with Gasteiger partial charge in [0.05, 0.1) is 31.4 Å². The molecule has 0 unspecified atom stereocenters. The van der Waals surface area contributed by atoms with Crippen LogP contribution in [0, 0.1) is 0 Å². The summed E-state index contributed by atoms with van der Waals surface area (Å²) in [6, 6.07) is 10.8. The van der Waals surface area contributed by atoms with Crippen LogP contribution >= 0.6 is 11.6 Å². The fourth-order valence-electron chi connectivity index (χ4n) is 2.62. The molecule has 0 radical (unpaired) electrons. The van der Waals surface area contributed by atoms with Crippen molar-refractivity contribution in [1.82, 2.24) is 4.98 Å². The minimum Gasteiger partial charge on any atom is -0.497 e. The van der Waals surface area contributed by atoms with E-state index in [0.29, 0.717) is 16.5 Å². The SMILES string of the molecule is COc1ccc(Cl)c(NC(=O)Cc2c[nH]c3cccc(OC)c23)c1. The molecule has 0 aliphatic carbocycles. The fraction of sp³-hybridized carbons (Fsp3) is 0.167. The molecule has 0 aliphatic heterocycles. The molecule has 1 heterocycles. The Morgan fingerprint density at radius 1 is 1.21 bits per heavy atom. The Kier molecular flexibility index (Phi) is 4.62. The van der Waals surface area contributed by atoms with Crippen LogP contribution in [-0.4, -0.2) is 25.1 Å². The molecule has 3 rings (SSSR count). The van der Waals surface area contributed by atoms with Crippen LogP contribution in [0.1, 0.15) is 5.56 Å². The van der Waals surface area contributed by atoms with E-state index >= 15 is 0 Å². The van der Waals surface area contributed by atoms with Crippen LogP contribution < -0.4 is 14.8 Å². The molecule has 0 aliphatic rings. The summed E-state index contributed by atoms with van der Waals surface area (Å²) < 4.78 is 10.5. The molecule has 5 nitrogen and oxygen atoms in total. The normalized spacial score (nSPS) is 10.6. The Balaban J connectivity index is 1.83. The fourth-order valence-corrected chi connectivity index (χ4v) is 2.79. The van der Waals surface area contributed by atoms with E-state index in [0.717, 1.165) is 22.2 Å².